The van der Waals surface area contributed by atoms with Crippen LogP contribution in [0.15, 0.2) is 47.8 Å². The van der Waals surface area contributed by atoms with Crippen molar-refractivity contribution in [3.05, 3.63) is 75.2 Å². The van der Waals surface area contributed by atoms with Crippen LogP contribution in [-0.4, -0.2) is 31.5 Å². The summed E-state index contributed by atoms with van der Waals surface area (Å²) in [7, 11) is 0. The summed E-state index contributed by atoms with van der Waals surface area (Å²) in [6.45, 7) is 1.92. The average Bonchev–Trinajstić information content (AvgIpc) is 3.45. The van der Waals surface area contributed by atoms with Crippen LogP contribution in [0.4, 0.5) is 5.69 Å². The Morgan fingerprint density at radius 1 is 1.16 bits per heavy atom. The first-order chi connectivity index (χ1) is 15.7. The summed E-state index contributed by atoms with van der Waals surface area (Å²) in [5, 5.41) is 19.8. The molecule has 0 spiro atoms. The molecule has 8 heteroatoms. The number of aromatic amines is 1. The van der Waals surface area contributed by atoms with Gasteiger partial charge in [0.05, 0.1) is 5.69 Å². The molecule has 2 aromatic carbocycles. The van der Waals surface area contributed by atoms with Gasteiger partial charge in [-0.05, 0) is 72.9 Å². The van der Waals surface area contributed by atoms with Crippen LogP contribution in [0.5, 0.6) is 0 Å². The fourth-order valence-electron chi connectivity index (χ4n) is 3.56. The Kier molecular flexibility index (Phi) is 5.48. The number of aromatic nitrogens is 5. The zero-order valence-corrected chi connectivity index (χ0v) is 18.2. The van der Waals surface area contributed by atoms with Crippen molar-refractivity contribution < 1.29 is 4.79 Å². The highest BCUT2D eigenvalue weighted by Gasteiger charge is 2.21. The van der Waals surface area contributed by atoms with Crippen LogP contribution in [0.2, 0.25) is 0 Å². The molecule has 0 saturated heterocycles. The number of tetrazole rings is 1. The van der Waals surface area contributed by atoms with Gasteiger partial charge in [-0.25, -0.2) is 4.98 Å². The minimum absolute atomic E-state index is 0.181. The summed E-state index contributed by atoms with van der Waals surface area (Å²) in [4.78, 5) is 17.6. The third-order valence-corrected chi connectivity index (χ3v) is 6.45. The van der Waals surface area contributed by atoms with E-state index >= 15 is 0 Å². The number of hydrogen-bond acceptors (Lipinski definition) is 6. The van der Waals surface area contributed by atoms with E-state index in [2.05, 4.69) is 48.1 Å². The number of nitrogens with one attached hydrogen (secondary N) is 2. The Morgan fingerprint density at radius 2 is 2.00 bits per heavy atom. The molecule has 32 heavy (non-hydrogen) atoms. The van der Waals surface area contributed by atoms with Gasteiger partial charge in [0.1, 0.15) is 0 Å². The Bertz CT molecular complexity index is 1310. The second-order valence-corrected chi connectivity index (χ2v) is 8.56. The lowest BCUT2D eigenvalue weighted by Gasteiger charge is -2.22. The molecule has 0 radical (unpaired) electrons. The van der Waals surface area contributed by atoms with Gasteiger partial charge in [-0.15, -0.1) is 21.5 Å². The molecule has 0 aliphatic heterocycles. The first-order valence-corrected chi connectivity index (χ1v) is 11.3. The van der Waals surface area contributed by atoms with Crippen molar-refractivity contribution in [3.63, 3.8) is 0 Å². The molecule has 2 heterocycles. The minimum Gasteiger partial charge on any atom is -0.322 e. The third kappa shape index (κ3) is 4.15. The fourth-order valence-corrected chi connectivity index (χ4v) is 4.30. The van der Waals surface area contributed by atoms with Crippen molar-refractivity contribution in [2.45, 2.75) is 32.1 Å². The highest BCUT2D eigenvalue weighted by atomic mass is 32.1. The lowest BCUT2D eigenvalue weighted by molar-refractivity contribution is 0.102. The molecule has 1 saturated carbocycles. The van der Waals surface area contributed by atoms with Crippen LogP contribution >= 0.6 is 11.3 Å². The summed E-state index contributed by atoms with van der Waals surface area (Å²) >= 11 is 1.59. The van der Waals surface area contributed by atoms with E-state index in [-0.39, 0.29) is 5.91 Å². The first kappa shape index (κ1) is 20.1. The maximum Gasteiger partial charge on any atom is 0.255 e. The van der Waals surface area contributed by atoms with Crippen LogP contribution < -0.4 is 5.32 Å². The van der Waals surface area contributed by atoms with Crippen molar-refractivity contribution in [2.24, 2.45) is 0 Å². The lowest BCUT2D eigenvalue weighted by Crippen LogP contribution is -2.13. The second-order valence-electron chi connectivity index (χ2n) is 7.70. The second kappa shape index (κ2) is 8.73. The van der Waals surface area contributed by atoms with Crippen LogP contribution in [-0.2, 0) is 0 Å². The quantitative estimate of drug-likeness (QED) is 0.454. The van der Waals surface area contributed by atoms with E-state index in [1.807, 2.05) is 49.4 Å². The summed E-state index contributed by atoms with van der Waals surface area (Å²) in [6.07, 6.45) is 3.75. The molecule has 1 aliphatic rings. The van der Waals surface area contributed by atoms with E-state index in [0.717, 1.165) is 21.7 Å². The molecular weight excluding hydrogens is 420 g/mol. The van der Waals surface area contributed by atoms with Crippen molar-refractivity contribution in [1.82, 2.24) is 25.6 Å². The zero-order valence-electron chi connectivity index (χ0n) is 17.4. The number of nitrogens with zero attached hydrogens (tertiary/aromatic N) is 4. The van der Waals surface area contributed by atoms with Crippen molar-refractivity contribution >= 4 is 22.9 Å². The molecule has 7 nitrogen and oxygen atoms in total. The van der Waals surface area contributed by atoms with Gasteiger partial charge >= 0.3 is 0 Å². The van der Waals surface area contributed by atoms with Crippen molar-refractivity contribution in [2.75, 3.05) is 5.32 Å². The molecular formula is C24H20N6OS. The van der Waals surface area contributed by atoms with Gasteiger partial charge in [0, 0.05) is 33.7 Å². The standard InChI is InChI=1S/C24H20N6OS/c1-15-16(10-13-22-26-21(14-32-22)17-5-2-6-17)4-3-7-20(15)24(31)25-19-11-8-18(9-12-19)23-27-29-30-28-23/h3-4,7-9,11-12,14,17H,2,5-6H2,1H3,(H,25,31)(H,27,28,29,30). The molecule has 5 rings (SSSR count). The third-order valence-electron chi connectivity index (χ3n) is 5.67. The first-order valence-electron chi connectivity index (χ1n) is 10.4. The number of hydrogen-bond donors (Lipinski definition) is 2. The monoisotopic (exact) mass is 440 g/mol. The zero-order chi connectivity index (χ0) is 21.9. The SMILES string of the molecule is Cc1c(C#Cc2nc(C3CCC3)cs2)cccc1C(=O)Nc1ccc(-c2nn[nH]n2)cc1. The van der Waals surface area contributed by atoms with Gasteiger partial charge in [0.25, 0.3) is 5.91 Å². The number of carbonyl (C=O) groups is 1. The summed E-state index contributed by atoms with van der Waals surface area (Å²) in [5.41, 5.74) is 4.92. The van der Waals surface area contributed by atoms with Crippen LogP contribution in [0.1, 0.15) is 57.4 Å². The molecule has 2 aromatic heterocycles. The van der Waals surface area contributed by atoms with Gasteiger partial charge < -0.3 is 5.32 Å². The molecule has 158 valence electrons. The number of benzene rings is 2. The number of anilines is 1. The van der Waals surface area contributed by atoms with E-state index in [9.17, 15) is 4.79 Å². The molecule has 0 atom stereocenters. The van der Waals surface area contributed by atoms with Gasteiger partial charge in [-0.3, -0.25) is 4.79 Å². The van der Waals surface area contributed by atoms with E-state index in [4.69, 9.17) is 0 Å². The number of thiazole rings is 1. The number of amides is 1. The predicted octanol–water partition coefficient (Wildman–Crippen LogP) is 4.55. The highest BCUT2D eigenvalue weighted by molar-refractivity contribution is 7.10. The molecule has 2 N–H and O–H groups in total. The van der Waals surface area contributed by atoms with E-state index in [1.165, 1.54) is 25.0 Å². The van der Waals surface area contributed by atoms with Gasteiger partial charge in [-0.2, -0.15) is 5.21 Å². The minimum atomic E-state index is -0.181. The topological polar surface area (TPSA) is 96.5 Å². The predicted molar refractivity (Wildman–Crippen MR) is 123 cm³/mol. The van der Waals surface area contributed by atoms with Gasteiger partial charge in [0.2, 0.25) is 5.82 Å². The van der Waals surface area contributed by atoms with Crippen LogP contribution in [0.25, 0.3) is 11.4 Å². The van der Waals surface area contributed by atoms with E-state index in [1.54, 1.807) is 11.3 Å². The average molecular weight is 441 g/mol. The summed E-state index contributed by atoms with van der Waals surface area (Å²) < 4.78 is 0. The highest BCUT2D eigenvalue weighted by Crippen LogP contribution is 2.36. The largest absolute Gasteiger partial charge is 0.322 e. The Balaban J connectivity index is 1.31. The molecule has 0 bridgehead atoms. The molecule has 0 unspecified atom stereocenters. The molecule has 1 amide bonds. The lowest BCUT2D eigenvalue weighted by atomic mass is 9.83. The maximum atomic E-state index is 12.9. The fraction of sp³-hybridized carbons (Fsp3) is 0.208. The van der Waals surface area contributed by atoms with E-state index < -0.39 is 0 Å². The summed E-state index contributed by atoms with van der Waals surface area (Å²) in [6, 6.07) is 12.9. The molecule has 1 fully saturated rings. The molecule has 4 aromatic rings. The Morgan fingerprint density at radius 3 is 2.72 bits per heavy atom. The van der Waals surface area contributed by atoms with Crippen LogP contribution in [0, 0.1) is 18.8 Å². The van der Waals surface area contributed by atoms with Crippen molar-refractivity contribution in [3.8, 4) is 23.2 Å². The normalized spacial score (nSPS) is 13.2. The number of carbonyl (C=O) groups excluding carboxylic acids is 1. The van der Waals surface area contributed by atoms with Crippen molar-refractivity contribution in [1.29, 1.82) is 0 Å². The number of H-pyrrole nitrogens is 1. The van der Waals surface area contributed by atoms with Gasteiger partial charge in [0.15, 0.2) is 5.01 Å². The maximum absolute atomic E-state index is 12.9. The van der Waals surface area contributed by atoms with Gasteiger partial charge in [-0.1, -0.05) is 18.4 Å². The van der Waals surface area contributed by atoms with Crippen LogP contribution in [0.3, 0.4) is 0 Å². The molecule has 1 aliphatic carbocycles. The smallest absolute Gasteiger partial charge is 0.255 e. The van der Waals surface area contributed by atoms with E-state index in [0.29, 0.717) is 23.0 Å². The number of rotatable bonds is 4. The summed E-state index contributed by atoms with van der Waals surface area (Å²) in [5.74, 6) is 7.29. The Labute approximate surface area is 189 Å². The Hall–Kier alpha value is -3.83.